The summed E-state index contributed by atoms with van der Waals surface area (Å²) in [7, 11) is 0. The van der Waals surface area contributed by atoms with Crippen LogP contribution in [0.2, 0.25) is 0 Å². The second kappa shape index (κ2) is 3.56. The molecule has 0 radical (unpaired) electrons. The molecule has 0 spiro atoms. The molecule has 0 heterocycles. The summed E-state index contributed by atoms with van der Waals surface area (Å²) in [6, 6.07) is 6.62. The maximum atomic E-state index is 11.2. The van der Waals surface area contributed by atoms with Gasteiger partial charge in [0.2, 0.25) is 0 Å². The molecule has 1 aliphatic rings. The maximum Gasteiger partial charge on any atom is 0.133 e. The molecule has 1 nitrogen and oxygen atoms in total. The summed E-state index contributed by atoms with van der Waals surface area (Å²) >= 11 is 0. The molecule has 1 atom stereocenters. The highest BCUT2D eigenvalue weighted by Gasteiger charge is 2.23. The second-order valence-electron chi connectivity index (χ2n) is 4.40. The van der Waals surface area contributed by atoms with Gasteiger partial charge in [0.25, 0.3) is 0 Å². The first-order chi connectivity index (χ1) is 6.65. The lowest BCUT2D eigenvalue weighted by Crippen LogP contribution is -1.95. The van der Waals surface area contributed by atoms with Crippen LogP contribution in [-0.2, 0) is 4.79 Å². The molecule has 0 amide bonds. The molecule has 1 aromatic rings. The van der Waals surface area contributed by atoms with Gasteiger partial charge in [0.1, 0.15) is 5.78 Å². The summed E-state index contributed by atoms with van der Waals surface area (Å²) in [6.45, 7) is 4.24. The second-order valence-corrected chi connectivity index (χ2v) is 4.40. The smallest absolute Gasteiger partial charge is 0.133 e. The molecule has 1 fully saturated rings. The van der Waals surface area contributed by atoms with Gasteiger partial charge in [-0.25, -0.2) is 0 Å². The number of Topliss-reactive ketones (excluding diaryl/α,β-unsaturated/α-hetero) is 1. The standard InChI is InChI=1S/C13H16O/c1-9-5-10(2)7-12(6-9)11-3-4-13(14)8-11/h5-7,11H,3-4,8H2,1-2H3/t11-/m0/s1. The SMILES string of the molecule is Cc1cc(C)cc([C@H]2CCC(=O)C2)c1. The fourth-order valence-corrected chi connectivity index (χ4v) is 2.34. The van der Waals surface area contributed by atoms with Crippen molar-refractivity contribution in [1.29, 1.82) is 0 Å². The monoisotopic (exact) mass is 188 g/mol. The third-order valence-electron chi connectivity index (χ3n) is 2.96. The predicted molar refractivity (Wildman–Crippen MR) is 57.5 cm³/mol. The largest absolute Gasteiger partial charge is 0.300 e. The van der Waals surface area contributed by atoms with Crippen LogP contribution in [0.25, 0.3) is 0 Å². The highest BCUT2D eigenvalue weighted by atomic mass is 16.1. The van der Waals surface area contributed by atoms with Gasteiger partial charge in [-0.2, -0.15) is 0 Å². The first-order valence-electron chi connectivity index (χ1n) is 5.25. The van der Waals surface area contributed by atoms with Gasteiger partial charge in [-0.05, 0) is 31.7 Å². The Morgan fingerprint density at radius 1 is 1.14 bits per heavy atom. The molecule has 0 unspecified atom stereocenters. The highest BCUT2D eigenvalue weighted by molar-refractivity contribution is 5.81. The first-order valence-corrected chi connectivity index (χ1v) is 5.25. The molecule has 0 N–H and O–H groups in total. The van der Waals surface area contributed by atoms with Crippen molar-refractivity contribution in [2.45, 2.75) is 39.0 Å². The Morgan fingerprint density at radius 3 is 2.29 bits per heavy atom. The van der Waals surface area contributed by atoms with Crippen molar-refractivity contribution in [1.82, 2.24) is 0 Å². The van der Waals surface area contributed by atoms with E-state index in [1.807, 2.05) is 0 Å². The van der Waals surface area contributed by atoms with Crippen LogP contribution in [-0.4, -0.2) is 5.78 Å². The summed E-state index contributed by atoms with van der Waals surface area (Å²) in [5, 5.41) is 0. The van der Waals surface area contributed by atoms with Crippen LogP contribution in [0.4, 0.5) is 0 Å². The topological polar surface area (TPSA) is 17.1 Å². The number of carbonyl (C=O) groups excluding carboxylic acids is 1. The average Bonchev–Trinajstić information content (AvgIpc) is 2.50. The Kier molecular flexibility index (Phi) is 2.40. The van der Waals surface area contributed by atoms with E-state index < -0.39 is 0 Å². The van der Waals surface area contributed by atoms with Crippen LogP contribution in [0.5, 0.6) is 0 Å². The van der Waals surface area contributed by atoms with Gasteiger partial charge in [0.05, 0.1) is 0 Å². The van der Waals surface area contributed by atoms with Crippen molar-refractivity contribution in [2.24, 2.45) is 0 Å². The lowest BCUT2D eigenvalue weighted by molar-refractivity contribution is -0.117. The number of benzene rings is 1. The molecule has 1 heteroatoms. The van der Waals surface area contributed by atoms with Crippen molar-refractivity contribution in [3.05, 3.63) is 34.9 Å². The number of ketones is 1. The Balaban J connectivity index is 2.27. The van der Waals surface area contributed by atoms with Gasteiger partial charge in [-0.1, -0.05) is 29.3 Å². The Hall–Kier alpha value is -1.11. The number of aryl methyl sites for hydroxylation is 2. The zero-order chi connectivity index (χ0) is 10.1. The van der Waals surface area contributed by atoms with Crippen LogP contribution in [0.1, 0.15) is 41.9 Å². The predicted octanol–water partition coefficient (Wildman–Crippen LogP) is 3.14. The van der Waals surface area contributed by atoms with Crippen LogP contribution in [0, 0.1) is 13.8 Å². The Bertz CT molecular complexity index is 345. The normalized spacial score (nSPS) is 21.6. The fourth-order valence-electron chi connectivity index (χ4n) is 2.34. The van der Waals surface area contributed by atoms with Gasteiger partial charge in [-0.3, -0.25) is 4.79 Å². The zero-order valence-corrected chi connectivity index (χ0v) is 8.84. The zero-order valence-electron chi connectivity index (χ0n) is 8.84. The fraction of sp³-hybridized carbons (Fsp3) is 0.462. The van der Waals surface area contributed by atoms with E-state index in [2.05, 4.69) is 32.0 Å². The molecule has 0 aliphatic heterocycles. The van der Waals surface area contributed by atoms with E-state index in [-0.39, 0.29) is 0 Å². The van der Waals surface area contributed by atoms with E-state index in [1.54, 1.807) is 0 Å². The summed E-state index contributed by atoms with van der Waals surface area (Å²) in [4.78, 5) is 11.2. The lowest BCUT2D eigenvalue weighted by atomic mass is 9.94. The van der Waals surface area contributed by atoms with Gasteiger partial charge in [0.15, 0.2) is 0 Å². The Morgan fingerprint density at radius 2 is 1.79 bits per heavy atom. The molecule has 2 rings (SSSR count). The quantitative estimate of drug-likeness (QED) is 0.661. The minimum Gasteiger partial charge on any atom is -0.300 e. The number of carbonyl (C=O) groups is 1. The third-order valence-corrected chi connectivity index (χ3v) is 2.96. The molecular formula is C13H16O. The van der Waals surface area contributed by atoms with Crippen molar-refractivity contribution in [2.75, 3.05) is 0 Å². The van der Waals surface area contributed by atoms with E-state index in [1.165, 1.54) is 16.7 Å². The van der Waals surface area contributed by atoms with E-state index >= 15 is 0 Å². The number of hydrogen-bond acceptors (Lipinski definition) is 1. The van der Waals surface area contributed by atoms with Crippen LogP contribution >= 0.6 is 0 Å². The highest BCUT2D eigenvalue weighted by Crippen LogP contribution is 2.32. The molecule has 0 saturated heterocycles. The molecule has 74 valence electrons. The van der Waals surface area contributed by atoms with Crippen LogP contribution in [0.15, 0.2) is 18.2 Å². The average molecular weight is 188 g/mol. The van der Waals surface area contributed by atoms with E-state index in [9.17, 15) is 4.79 Å². The molecular weight excluding hydrogens is 172 g/mol. The number of rotatable bonds is 1. The van der Waals surface area contributed by atoms with Crippen LogP contribution < -0.4 is 0 Å². The maximum absolute atomic E-state index is 11.2. The van der Waals surface area contributed by atoms with Crippen LogP contribution in [0.3, 0.4) is 0 Å². The summed E-state index contributed by atoms with van der Waals surface area (Å²) in [5.41, 5.74) is 3.96. The van der Waals surface area contributed by atoms with Crippen molar-refractivity contribution in [3.8, 4) is 0 Å². The molecule has 0 bridgehead atoms. The first kappa shape index (κ1) is 9.45. The minimum absolute atomic E-state index is 0.425. The molecule has 1 saturated carbocycles. The van der Waals surface area contributed by atoms with Gasteiger partial charge in [0, 0.05) is 12.8 Å². The van der Waals surface area contributed by atoms with Gasteiger partial charge in [-0.15, -0.1) is 0 Å². The summed E-state index contributed by atoms with van der Waals surface area (Å²) in [6.07, 6.45) is 2.57. The molecule has 1 aliphatic carbocycles. The van der Waals surface area contributed by atoms with E-state index in [0.717, 1.165) is 19.3 Å². The lowest BCUT2D eigenvalue weighted by Gasteiger charge is -2.10. The van der Waals surface area contributed by atoms with Crippen molar-refractivity contribution in [3.63, 3.8) is 0 Å². The number of hydrogen-bond donors (Lipinski definition) is 0. The van der Waals surface area contributed by atoms with E-state index in [0.29, 0.717) is 11.7 Å². The minimum atomic E-state index is 0.425. The third kappa shape index (κ3) is 1.87. The molecule has 0 aromatic heterocycles. The van der Waals surface area contributed by atoms with Crippen molar-refractivity contribution < 1.29 is 4.79 Å². The van der Waals surface area contributed by atoms with Gasteiger partial charge < -0.3 is 0 Å². The van der Waals surface area contributed by atoms with E-state index in [4.69, 9.17) is 0 Å². The summed E-state index contributed by atoms with van der Waals surface area (Å²) in [5.74, 6) is 0.912. The summed E-state index contributed by atoms with van der Waals surface area (Å²) < 4.78 is 0. The van der Waals surface area contributed by atoms with Gasteiger partial charge >= 0.3 is 0 Å². The van der Waals surface area contributed by atoms with Crippen molar-refractivity contribution >= 4 is 5.78 Å². The molecule has 14 heavy (non-hydrogen) atoms. The Labute approximate surface area is 85.1 Å². The molecule has 1 aromatic carbocycles.